The van der Waals surface area contributed by atoms with Crippen LogP contribution in [0.2, 0.25) is 0 Å². The van der Waals surface area contributed by atoms with E-state index in [9.17, 15) is 4.79 Å². The van der Waals surface area contributed by atoms with E-state index in [-0.39, 0.29) is 6.54 Å². The first kappa shape index (κ1) is 12.1. The number of hydrogen-bond donors (Lipinski definition) is 1. The number of aliphatic carboxylic acids is 1. The van der Waals surface area contributed by atoms with Gasteiger partial charge in [-0.1, -0.05) is 0 Å². The highest BCUT2D eigenvalue weighted by Crippen LogP contribution is 2.30. The fourth-order valence-corrected chi connectivity index (χ4v) is 2.08. The molecule has 0 radical (unpaired) electrons. The summed E-state index contributed by atoms with van der Waals surface area (Å²) < 4.78 is 1.83. The number of aromatic nitrogens is 2. The van der Waals surface area contributed by atoms with Crippen molar-refractivity contribution in [2.45, 2.75) is 26.3 Å². The molecule has 1 aliphatic carbocycles. The molecule has 5 heteroatoms. The van der Waals surface area contributed by atoms with Gasteiger partial charge in [-0.15, -0.1) is 0 Å². The molecule has 1 heterocycles. The summed E-state index contributed by atoms with van der Waals surface area (Å²) in [4.78, 5) is 12.8. The quantitative estimate of drug-likeness (QED) is 0.802. The maximum atomic E-state index is 10.8. The highest BCUT2D eigenvalue weighted by Gasteiger charge is 2.25. The molecule has 5 nitrogen and oxygen atoms in total. The zero-order valence-electron chi connectivity index (χ0n) is 10.4. The third kappa shape index (κ3) is 3.56. The van der Waals surface area contributed by atoms with Crippen LogP contribution in [-0.4, -0.2) is 38.8 Å². The number of carbonyl (C=O) groups is 1. The summed E-state index contributed by atoms with van der Waals surface area (Å²) in [7, 11) is 1.90. The zero-order chi connectivity index (χ0) is 12.4. The van der Waals surface area contributed by atoms with E-state index >= 15 is 0 Å². The van der Waals surface area contributed by atoms with Crippen molar-refractivity contribution < 1.29 is 9.90 Å². The van der Waals surface area contributed by atoms with Crippen LogP contribution in [0.4, 0.5) is 0 Å². The van der Waals surface area contributed by atoms with Gasteiger partial charge in [0, 0.05) is 20.1 Å². The van der Waals surface area contributed by atoms with Crippen LogP contribution in [0.25, 0.3) is 0 Å². The van der Waals surface area contributed by atoms with Crippen molar-refractivity contribution in [1.82, 2.24) is 14.7 Å². The maximum absolute atomic E-state index is 10.8. The molecule has 1 N–H and O–H groups in total. The predicted molar refractivity (Wildman–Crippen MR) is 63.6 cm³/mol. The molecular formula is C12H19N3O2. The Morgan fingerprint density at radius 2 is 2.35 bits per heavy atom. The van der Waals surface area contributed by atoms with Gasteiger partial charge in [-0.25, -0.2) is 0 Å². The van der Waals surface area contributed by atoms with Crippen LogP contribution >= 0.6 is 0 Å². The van der Waals surface area contributed by atoms with Crippen molar-refractivity contribution >= 4 is 5.97 Å². The minimum atomic E-state index is -0.760. The number of carboxylic acids is 1. The van der Waals surface area contributed by atoms with Gasteiger partial charge in [0.25, 0.3) is 0 Å². The highest BCUT2D eigenvalue weighted by molar-refractivity contribution is 5.69. The molecular weight excluding hydrogens is 218 g/mol. The molecule has 0 aromatic carbocycles. The second kappa shape index (κ2) is 4.87. The molecule has 94 valence electrons. The molecule has 1 fully saturated rings. The summed E-state index contributed by atoms with van der Waals surface area (Å²) in [5.74, 6) is -0.0618. The number of rotatable bonds is 6. The first-order chi connectivity index (χ1) is 8.04. The Kier molecular flexibility index (Phi) is 3.47. The summed E-state index contributed by atoms with van der Waals surface area (Å²) in [6.07, 6.45) is 2.47. The van der Waals surface area contributed by atoms with Crippen LogP contribution in [0.1, 0.15) is 24.2 Å². The van der Waals surface area contributed by atoms with Crippen molar-refractivity contribution in [2.24, 2.45) is 13.0 Å². The molecule has 1 saturated carbocycles. The lowest BCUT2D eigenvalue weighted by Crippen LogP contribution is -2.31. The van der Waals surface area contributed by atoms with Crippen LogP contribution in [0.3, 0.4) is 0 Å². The molecule has 0 saturated heterocycles. The van der Waals surface area contributed by atoms with E-state index in [2.05, 4.69) is 5.10 Å². The smallest absolute Gasteiger partial charge is 0.317 e. The normalized spacial score (nSPS) is 15.5. The van der Waals surface area contributed by atoms with Crippen LogP contribution < -0.4 is 0 Å². The monoisotopic (exact) mass is 237 g/mol. The Morgan fingerprint density at radius 3 is 2.82 bits per heavy atom. The molecule has 2 rings (SSSR count). The van der Waals surface area contributed by atoms with Crippen LogP contribution in [0.15, 0.2) is 6.07 Å². The van der Waals surface area contributed by atoms with Gasteiger partial charge in [0.05, 0.1) is 17.9 Å². The largest absolute Gasteiger partial charge is 0.480 e. The maximum Gasteiger partial charge on any atom is 0.317 e. The van der Waals surface area contributed by atoms with E-state index in [1.54, 1.807) is 0 Å². The van der Waals surface area contributed by atoms with Crippen molar-refractivity contribution in [3.8, 4) is 0 Å². The van der Waals surface area contributed by atoms with Gasteiger partial charge in [0.1, 0.15) is 0 Å². The first-order valence-corrected chi connectivity index (χ1v) is 5.98. The minimum absolute atomic E-state index is 0.112. The lowest BCUT2D eigenvalue weighted by molar-refractivity contribution is -0.138. The molecule has 0 unspecified atom stereocenters. The average Bonchev–Trinajstić information content (AvgIpc) is 2.93. The van der Waals surface area contributed by atoms with E-state index in [4.69, 9.17) is 5.11 Å². The standard InChI is InChI=1S/C12H19N3O2/c1-9-5-11(14(2)13-9)7-15(8-12(16)17)6-10-3-4-10/h5,10H,3-4,6-8H2,1-2H3,(H,16,17). The summed E-state index contributed by atoms with van der Waals surface area (Å²) in [6, 6.07) is 2.02. The zero-order valence-corrected chi connectivity index (χ0v) is 10.4. The fraction of sp³-hybridized carbons (Fsp3) is 0.667. The third-order valence-electron chi connectivity index (χ3n) is 3.06. The number of nitrogens with zero attached hydrogens (tertiary/aromatic N) is 3. The topological polar surface area (TPSA) is 58.4 Å². The summed E-state index contributed by atoms with van der Waals surface area (Å²) in [6.45, 7) is 3.61. The minimum Gasteiger partial charge on any atom is -0.480 e. The number of hydrogen-bond acceptors (Lipinski definition) is 3. The molecule has 1 aliphatic rings. The van der Waals surface area contributed by atoms with Gasteiger partial charge in [0.2, 0.25) is 0 Å². The molecule has 1 aromatic rings. The van der Waals surface area contributed by atoms with Gasteiger partial charge in [-0.3, -0.25) is 14.4 Å². The molecule has 1 aromatic heterocycles. The Hall–Kier alpha value is -1.36. The lowest BCUT2D eigenvalue weighted by atomic mass is 10.3. The molecule has 0 spiro atoms. The average molecular weight is 237 g/mol. The van der Waals surface area contributed by atoms with Crippen LogP contribution in [-0.2, 0) is 18.4 Å². The molecule has 0 bridgehead atoms. The molecule has 0 amide bonds. The van der Waals surface area contributed by atoms with Crippen molar-refractivity contribution in [2.75, 3.05) is 13.1 Å². The van der Waals surface area contributed by atoms with Gasteiger partial charge in [0.15, 0.2) is 0 Å². The van der Waals surface area contributed by atoms with E-state index in [1.807, 2.05) is 29.6 Å². The van der Waals surface area contributed by atoms with Gasteiger partial charge in [-0.2, -0.15) is 5.10 Å². The molecule has 0 aliphatic heterocycles. The first-order valence-electron chi connectivity index (χ1n) is 5.98. The van der Waals surface area contributed by atoms with E-state index in [0.29, 0.717) is 12.5 Å². The summed E-state index contributed by atoms with van der Waals surface area (Å²) in [5, 5.41) is 13.2. The third-order valence-corrected chi connectivity index (χ3v) is 3.06. The number of aryl methyl sites for hydroxylation is 2. The van der Waals surface area contributed by atoms with Crippen molar-refractivity contribution in [3.05, 3.63) is 17.5 Å². The SMILES string of the molecule is Cc1cc(CN(CC(=O)O)CC2CC2)n(C)n1. The Labute approximate surface area is 101 Å². The van der Waals surface area contributed by atoms with Crippen LogP contribution in [0.5, 0.6) is 0 Å². The van der Waals surface area contributed by atoms with Crippen molar-refractivity contribution in [3.63, 3.8) is 0 Å². The lowest BCUT2D eigenvalue weighted by Gasteiger charge is -2.19. The van der Waals surface area contributed by atoms with E-state index < -0.39 is 5.97 Å². The summed E-state index contributed by atoms with van der Waals surface area (Å²) in [5.41, 5.74) is 2.05. The van der Waals surface area contributed by atoms with Crippen molar-refractivity contribution in [1.29, 1.82) is 0 Å². The molecule has 17 heavy (non-hydrogen) atoms. The predicted octanol–water partition coefficient (Wildman–Crippen LogP) is 1.03. The van der Waals surface area contributed by atoms with E-state index in [0.717, 1.165) is 17.9 Å². The Bertz CT molecular complexity index is 410. The second-order valence-corrected chi connectivity index (χ2v) is 4.91. The van der Waals surface area contributed by atoms with Crippen LogP contribution in [0, 0.1) is 12.8 Å². The fourth-order valence-electron chi connectivity index (χ4n) is 2.08. The van der Waals surface area contributed by atoms with Gasteiger partial charge in [-0.05, 0) is 31.7 Å². The highest BCUT2D eigenvalue weighted by atomic mass is 16.4. The second-order valence-electron chi connectivity index (χ2n) is 4.91. The number of carboxylic acid groups (broad SMARTS) is 1. The molecule has 0 atom stereocenters. The van der Waals surface area contributed by atoms with Gasteiger partial charge >= 0.3 is 5.97 Å². The van der Waals surface area contributed by atoms with E-state index in [1.165, 1.54) is 12.8 Å². The van der Waals surface area contributed by atoms with Gasteiger partial charge < -0.3 is 5.11 Å². The Morgan fingerprint density at radius 1 is 1.65 bits per heavy atom. The Balaban J connectivity index is 1.99. The summed E-state index contributed by atoms with van der Waals surface area (Å²) >= 11 is 0.